The second-order valence-electron chi connectivity index (χ2n) is 4.72. The lowest BCUT2D eigenvalue weighted by Crippen LogP contribution is -1.98. The molecule has 1 N–H and O–H groups in total. The summed E-state index contributed by atoms with van der Waals surface area (Å²) in [6.45, 7) is 3.97. The van der Waals surface area contributed by atoms with Gasteiger partial charge in [-0.25, -0.2) is 9.50 Å². The van der Waals surface area contributed by atoms with Crippen LogP contribution < -0.4 is 4.74 Å². The van der Waals surface area contributed by atoms with Gasteiger partial charge in [0.15, 0.2) is 5.65 Å². The maximum absolute atomic E-state index is 5.46. The fourth-order valence-corrected chi connectivity index (χ4v) is 2.42. The summed E-state index contributed by atoms with van der Waals surface area (Å²) in [4.78, 5) is 4.56. The van der Waals surface area contributed by atoms with E-state index in [0.29, 0.717) is 0 Å². The lowest BCUT2D eigenvalue weighted by molar-refractivity contribution is 0.415. The lowest BCUT2D eigenvalue weighted by Gasteiger charge is -2.02. The Hall–Kier alpha value is -2.14. The molecule has 0 aliphatic carbocycles. The number of rotatable bonds is 2. The summed E-state index contributed by atoms with van der Waals surface area (Å²) in [5.74, 6) is 0.839. The van der Waals surface area contributed by atoms with E-state index in [4.69, 9.17) is 17.0 Å². The van der Waals surface area contributed by atoms with E-state index in [0.717, 1.165) is 38.6 Å². The van der Waals surface area contributed by atoms with Crippen LogP contribution in [0.4, 0.5) is 0 Å². The van der Waals surface area contributed by atoms with Gasteiger partial charge in [0.05, 0.1) is 12.8 Å². The second-order valence-corrected chi connectivity index (χ2v) is 5.11. The Balaban J connectivity index is 2.17. The lowest BCUT2D eigenvalue weighted by atomic mass is 10.1. The van der Waals surface area contributed by atoms with Gasteiger partial charge < -0.3 is 4.74 Å². The maximum Gasteiger partial charge on any atom is 0.155 e. The van der Waals surface area contributed by atoms with Crippen molar-refractivity contribution in [1.29, 1.82) is 0 Å². The van der Waals surface area contributed by atoms with Crippen LogP contribution in [0.1, 0.15) is 11.3 Å². The molecule has 2 heterocycles. The van der Waals surface area contributed by atoms with E-state index in [1.165, 1.54) is 0 Å². The fourth-order valence-electron chi connectivity index (χ4n) is 2.14. The molecular formula is C15H15N3OS. The predicted octanol–water partition coefficient (Wildman–Crippen LogP) is 3.68. The first kappa shape index (κ1) is 12.9. The van der Waals surface area contributed by atoms with Crippen LogP contribution in [-0.4, -0.2) is 21.7 Å². The smallest absolute Gasteiger partial charge is 0.155 e. The molecule has 1 aromatic carbocycles. The molecule has 0 fully saturated rings. The number of aryl methyl sites for hydroxylation is 1. The van der Waals surface area contributed by atoms with E-state index < -0.39 is 0 Å². The predicted molar refractivity (Wildman–Crippen MR) is 81.8 cm³/mol. The number of nitrogens with zero attached hydrogens (tertiary/aromatic N) is 2. The Kier molecular flexibility index (Phi) is 3.06. The molecule has 0 aliphatic heterocycles. The van der Waals surface area contributed by atoms with E-state index >= 15 is 0 Å². The van der Waals surface area contributed by atoms with Crippen molar-refractivity contribution in [3.63, 3.8) is 0 Å². The van der Waals surface area contributed by atoms with Crippen LogP contribution in [0.25, 0.3) is 16.9 Å². The summed E-state index contributed by atoms with van der Waals surface area (Å²) < 4.78 is 7.79. The molecule has 0 aliphatic rings. The average Bonchev–Trinajstić information content (AvgIpc) is 2.89. The van der Waals surface area contributed by atoms with Crippen molar-refractivity contribution in [2.45, 2.75) is 13.8 Å². The Bertz CT molecular complexity index is 831. The van der Waals surface area contributed by atoms with Crippen LogP contribution in [0, 0.1) is 18.5 Å². The standard InChI is InChI=1S/C15H15N3OS/c1-9-10(2)16-14-8-13(17-18(14)15(9)20)11-4-6-12(19-3)7-5-11/h4-8,17H,1-3H3. The van der Waals surface area contributed by atoms with Crippen molar-refractivity contribution in [1.82, 2.24) is 14.6 Å². The van der Waals surface area contributed by atoms with Crippen LogP contribution in [0.3, 0.4) is 0 Å². The molecule has 0 radical (unpaired) electrons. The molecule has 0 saturated carbocycles. The monoisotopic (exact) mass is 285 g/mol. The number of methoxy groups -OCH3 is 1. The van der Waals surface area contributed by atoms with E-state index in [-0.39, 0.29) is 0 Å². The van der Waals surface area contributed by atoms with Crippen molar-refractivity contribution >= 4 is 17.9 Å². The van der Waals surface area contributed by atoms with Gasteiger partial charge in [-0.2, -0.15) is 0 Å². The molecule has 0 atom stereocenters. The van der Waals surface area contributed by atoms with E-state index in [1.54, 1.807) is 7.11 Å². The molecule has 0 unspecified atom stereocenters. The topological polar surface area (TPSA) is 42.3 Å². The molecular weight excluding hydrogens is 270 g/mol. The molecule has 3 aromatic rings. The summed E-state index contributed by atoms with van der Waals surface area (Å²) in [6, 6.07) is 9.89. The molecule has 0 spiro atoms. The maximum atomic E-state index is 5.46. The first-order valence-corrected chi connectivity index (χ1v) is 6.74. The van der Waals surface area contributed by atoms with Crippen molar-refractivity contribution in [3.05, 3.63) is 46.2 Å². The molecule has 2 aromatic heterocycles. The van der Waals surface area contributed by atoms with Crippen molar-refractivity contribution < 1.29 is 4.74 Å². The highest BCUT2D eigenvalue weighted by Gasteiger charge is 2.08. The number of H-pyrrole nitrogens is 1. The highest BCUT2D eigenvalue weighted by Crippen LogP contribution is 2.23. The fraction of sp³-hybridized carbons (Fsp3) is 0.200. The number of fused-ring (bicyclic) bond motifs is 1. The Morgan fingerprint density at radius 3 is 2.55 bits per heavy atom. The normalized spacial score (nSPS) is 10.9. The zero-order valence-electron chi connectivity index (χ0n) is 11.6. The molecule has 0 bridgehead atoms. The molecule has 4 nitrogen and oxygen atoms in total. The SMILES string of the molecule is COc1ccc(-c2cc3nc(C)c(C)c(=S)n3[nH]2)cc1. The summed E-state index contributed by atoms with van der Waals surface area (Å²) >= 11 is 5.46. The van der Waals surface area contributed by atoms with E-state index in [9.17, 15) is 0 Å². The third-order valence-corrected chi connectivity index (χ3v) is 3.97. The third-order valence-electron chi connectivity index (χ3n) is 3.48. The number of aromatic nitrogens is 3. The molecule has 20 heavy (non-hydrogen) atoms. The van der Waals surface area contributed by atoms with Gasteiger partial charge in [0.2, 0.25) is 0 Å². The average molecular weight is 285 g/mol. The minimum absolute atomic E-state index is 0.771. The van der Waals surface area contributed by atoms with Crippen molar-refractivity contribution in [3.8, 4) is 17.0 Å². The largest absolute Gasteiger partial charge is 0.497 e. The van der Waals surface area contributed by atoms with E-state index in [2.05, 4.69) is 10.1 Å². The molecule has 0 saturated heterocycles. The molecule has 5 heteroatoms. The number of ether oxygens (including phenoxy) is 1. The molecule has 102 valence electrons. The number of nitrogens with one attached hydrogen (secondary N) is 1. The van der Waals surface area contributed by atoms with Gasteiger partial charge in [-0.1, -0.05) is 12.2 Å². The number of hydrogen-bond acceptors (Lipinski definition) is 3. The zero-order chi connectivity index (χ0) is 14.3. The molecule has 0 amide bonds. The Labute approximate surface area is 122 Å². The Morgan fingerprint density at radius 1 is 1.20 bits per heavy atom. The minimum Gasteiger partial charge on any atom is -0.497 e. The van der Waals surface area contributed by atoms with Gasteiger partial charge in [-0.05, 0) is 43.7 Å². The van der Waals surface area contributed by atoms with Crippen molar-refractivity contribution in [2.75, 3.05) is 7.11 Å². The van der Waals surface area contributed by atoms with Gasteiger partial charge in [-0.15, -0.1) is 0 Å². The van der Waals surface area contributed by atoms with Gasteiger partial charge in [0.1, 0.15) is 10.4 Å². The van der Waals surface area contributed by atoms with Crippen LogP contribution >= 0.6 is 12.2 Å². The first-order chi connectivity index (χ1) is 9.60. The van der Waals surface area contributed by atoms with Gasteiger partial charge >= 0.3 is 0 Å². The van der Waals surface area contributed by atoms with Gasteiger partial charge in [0, 0.05) is 17.3 Å². The molecule has 3 rings (SSSR count). The third kappa shape index (κ3) is 2.00. The van der Waals surface area contributed by atoms with Crippen LogP contribution in [0.2, 0.25) is 0 Å². The number of aromatic amines is 1. The first-order valence-electron chi connectivity index (χ1n) is 6.33. The highest BCUT2D eigenvalue weighted by atomic mass is 32.1. The zero-order valence-corrected chi connectivity index (χ0v) is 12.4. The van der Waals surface area contributed by atoms with E-state index in [1.807, 2.05) is 48.7 Å². The summed E-state index contributed by atoms with van der Waals surface area (Å²) in [5.41, 5.74) is 4.89. The minimum atomic E-state index is 0.771. The quantitative estimate of drug-likeness (QED) is 0.730. The summed E-state index contributed by atoms with van der Waals surface area (Å²) in [7, 11) is 1.66. The van der Waals surface area contributed by atoms with Crippen LogP contribution in [-0.2, 0) is 0 Å². The van der Waals surface area contributed by atoms with Gasteiger partial charge in [0.25, 0.3) is 0 Å². The van der Waals surface area contributed by atoms with Crippen LogP contribution in [0.15, 0.2) is 30.3 Å². The second kappa shape index (κ2) is 4.76. The van der Waals surface area contributed by atoms with Gasteiger partial charge in [-0.3, -0.25) is 5.10 Å². The Morgan fingerprint density at radius 2 is 1.90 bits per heavy atom. The van der Waals surface area contributed by atoms with Crippen LogP contribution in [0.5, 0.6) is 5.75 Å². The number of hydrogen-bond donors (Lipinski definition) is 1. The van der Waals surface area contributed by atoms with Crippen molar-refractivity contribution in [2.24, 2.45) is 0 Å². The highest BCUT2D eigenvalue weighted by molar-refractivity contribution is 7.71. The number of benzene rings is 1. The summed E-state index contributed by atoms with van der Waals surface area (Å²) in [5, 5.41) is 3.29. The summed E-state index contributed by atoms with van der Waals surface area (Å²) in [6.07, 6.45) is 0.